The second-order valence-corrected chi connectivity index (χ2v) is 5.45. The van der Waals surface area contributed by atoms with E-state index in [1.165, 1.54) is 12.1 Å². The minimum absolute atomic E-state index is 0.191. The van der Waals surface area contributed by atoms with Crippen molar-refractivity contribution >= 4 is 23.5 Å². The van der Waals surface area contributed by atoms with Crippen molar-refractivity contribution < 1.29 is 9.18 Å². The number of H-pyrrole nitrogens is 1. The Hall–Kier alpha value is -2.80. The Labute approximate surface area is 142 Å². The number of nitrogens with one attached hydrogen (secondary N) is 2. The number of aromatic amines is 1. The van der Waals surface area contributed by atoms with Crippen LogP contribution in [-0.4, -0.2) is 26.1 Å². The Morgan fingerprint density at radius 3 is 2.75 bits per heavy atom. The van der Waals surface area contributed by atoms with E-state index in [1.807, 2.05) is 0 Å². The molecule has 1 amide bonds. The molecule has 0 aliphatic heterocycles. The predicted molar refractivity (Wildman–Crippen MR) is 88.0 cm³/mol. The maximum absolute atomic E-state index is 13.0. The number of aromatic nitrogens is 4. The van der Waals surface area contributed by atoms with E-state index in [-0.39, 0.29) is 18.3 Å². The fraction of sp³-hybridized carbons (Fsp3) is 0.125. The van der Waals surface area contributed by atoms with E-state index in [0.29, 0.717) is 22.8 Å². The minimum atomic E-state index is -0.404. The molecule has 1 aromatic carbocycles. The van der Waals surface area contributed by atoms with Crippen LogP contribution in [0.4, 0.5) is 10.3 Å². The van der Waals surface area contributed by atoms with Gasteiger partial charge in [-0.1, -0.05) is 17.7 Å². The van der Waals surface area contributed by atoms with Crippen LogP contribution in [0.3, 0.4) is 0 Å². The number of rotatable bonds is 5. The topological polar surface area (TPSA) is 83.6 Å². The van der Waals surface area contributed by atoms with Gasteiger partial charge in [0.2, 0.25) is 11.9 Å². The molecule has 0 spiro atoms. The fourth-order valence-corrected chi connectivity index (χ4v) is 2.39. The summed E-state index contributed by atoms with van der Waals surface area (Å²) in [6.45, 7) is 0. The van der Waals surface area contributed by atoms with Crippen molar-refractivity contribution in [1.82, 2.24) is 20.2 Å². The van der Waals surface area contributed by atoms with Crippen LogP contribution in [0.1, 0.15) is 12.0 Å². The van der Waals surface area contributed by atoms with E-state index in [2.05, 4.69) is 25.5 Å². The van der Waals surface area contributed by atoms with Crippen molar-refractivity contribution in [1.29, 1.82) is 0 Å². The zero-order valence-corrected chi connectivity index (χ0v) is 13.2. The minimum Gasteiger partial charge on any atom is -0.307 e. The highest BCUT2D eigenvalue weighted by atomic mass is 35.5. The standard InChI is InChI=1S/C16H13ClFN5O/c17-13-9-12(18)3-1-10(13)2-4-14(24)20-16-21-15(22-23-16)11-5-7-19-8-6-11/h1,3,5-9H,2,4H2,(H2,20,21,22,23,24). The van der Waals surface area contributed by atoms with Gasteiger partial charge in [0, 0.05) is 29.4 Å². The second kappa shape index (κ2) is 7.18. The van der Waals surface area contributed by atoms with Gasteiger partial charge in [-0.3, -0.25) is 15.1 Å². The van der Waals surface area contributed by atoms with Crippen molar-refractivity contribution in [3.63, 3.8) is 0 Å². The molecule has 0 unspecified atom stereocenters. The van der Waals surface area contributed by atoms with Crippen LogP contribution in [0, 0.1) is 5.82 Å². The highest BCUT2D eigenvalue weighted by molar-refractivity contribution is 6.31. The summed E-state index contributed by atoms with van der Waals surface area (Å²) in [4.78, 5) is 18.8. The Morgan fingerprint density at radius 2 is 2.00 bits per heavy atom. The molecule has 8 heteroatoms. The maximum atomic E-state index is 13.0. The van der Waals surface area contributed by atoms with Gasteiger partial charge in [0.05, 0.1) is 0 Å². The smallest absolute Gasteiger partial charge is 0.228 e. The number of halogens is 2. The zero-order valence-electron chi connectivity index (χ0n) is 12.5. The van der Waals surface area contributed by atoms with Crippen LogP contribution in [0.25, 0.3) is 11.4 Å². The van der Waals surface area contributed by atoms with Gasteiger partial charge in [-0.15, -0.1) is 10.2 Å². The number of pyridine rings is 1. The largest absolute Gasteiger partial charge is 0.307 e. The van der Waals surface area contributed by atoms with Crippen molar-refractivity contribution in [2.45, 2.75) is 12.8 Å². The molecule has 0 aliphatic rings. The van der Waals surface area contributed by atoms with Crippen LogP contribution in [-0.2, 0) is 11.2 Å². The molecule has 0 radical (unpaired) electrons. The lowest BCUT2D eigenvalue weighted by atomic mass is 10.1. The van der Waals surface area contributed by atoms with E-state index in [4.69, 9.17) is 11.6 Å². The van der Waals surface area contributed by atoms with E-state index in [0.717, 1.165) is 5.56 Å². The molecule has 0 atom stereocenters. The lowest BCUT2D eigenvalue weighted by Gasteiger charge is -2.04. The van der Waals surface area contributed by atoms with Crippen molar-refractivity contribution in [3.8, 4) is 11.4 Å². The molecule has 0 saturated heterocycles. The predicted octanol–water partition coefficient (Wildman–Crippen LogP) is 3.23. The van der Waals surface area contributed by atoms with Gasteiger partial charge in [-0.2, -0.15) is 0 Å². The third kappa shape index (κ3) is 3.94. The zero-order chi connectivity index (χ0) is 16.9. The molecular formula is C16H13ClFN5O. The molecule has 122 valence electrons. The first-order chi connectivity index (χ1) is 11.6. The highest BCUT2D eigenvalue weighted by Crippen LogP contribution is 2.19. The summed E-state index contributed by atoms with van der Waals surface area (Å²) < 4.78 is 13.0. The third-order valence-corrected chi connectivity index (χ3v) is 3.69. The van der Waals surface area contributed by atoms with Crippen molar-refractivity contribution in [3.05, 3.63) is 59.1 Å². The molecule has 0 bridgehead atoms. The lowest BCUT2D eigenvalue weighted by Crippen LogP contribution is -2.13. The van der Waals surface area contributed by atoms with Crippen LogP contribution in [0.2, 0.25) is 5.02 Å². The number of nitrogens with zero attached hydrogens (tertiary/aromatic N) is 3. The van der Waals surface area contributed by atoms with Crippen LogP contribution in [0.15, 0.2) is 42.7 Å². The number of carbonyl (C=O) groups excluding carboxylic acids is 1. The van der Waals surface area contributed by atoms with Crippen molar-refractivity contribution in [2.24, 2.45) is 0 Å². The van der Waals surface area contributed by atoms with Crippen molar-refractivity contribution in [2.75, 3.05) is 5.32 Å². The molecule has 2 aromatic heterocycles. The summed E-state index contributed by atoms with van der Waals surface area (Å²) >= 11 is 5.94. The molecule has 24 heavy (non-hydrogen) atoms. The molecule has 2 N–H and O–H groups in total. The molecule has 0 fully saturated rings. The summed E-state index contributed by atoms with van der Waals surface area (Å²) in [7, 11) is 0. The summed E-state index contributed by atoms with van der Waals surface area (Å²) in [5.74, 6) is 0.151. The lowest BCUT2D eigenvalue weighted by molar-refractivity contribution is -0.116. The molecule has 2 heterocycles. The number of aryl methyl sites for hydroxylation is 1. The van der Waals surface area contributed by atoms with Crippen LogP contribution < -0.4 is 5.32 Å². The highest BCUT2D eigenvalue weighted by Gasteiger charge is 2.10. The average Bonchev–Trinajstić information content (AvgIpc) is 3.03. The third-order valence-electron chi connectivity index (χ3n) is 3.33. The summed E-state index contributed by atoms with van der Waals surface area (Å²) in [6.07, 6.45) is 3.87. The monoisotopic (exact) mass is 345 g/mol. The van der Waals surface area contributed by atoms with E-state index < -0.39 is 5.82 Å². The van der Waals surface area contributed by atoms with Crippen LogP contribution >= 0.6 is 11.6 Å². The molecule has 0 saturated carbocycles. The maximum Gasteiger partial charge on any atom is 0.228 e. The molecule has 6 nitrogen and oxygen atoms in total. The number of anilines is 1. The summed E-state index contributed by atoms with van der Waals surface area (Å²) in [5.41, 5.74) is 1.53. The van der Waals surface area contributed by atoms with E-state index in [9.17, 15) is 9.18 Å². The number of hydrogen-bond donors (Lipinski definition) is 2. The normalized spacial score (nSPS) is 10.6. The van der Waals surface area contributed by atoms with Gasteiger partial charge >= 0.3 is 0 Å². The molecular weight excluding hydrogens is 333 g/mol. The van der Waals surface area contributed by atoms with Gasteiger partial charge in [0.25, 0.3) is 0 Å². The van der Waals surface area contributed by atoms with Gasteiger partial charge in [0.15, 0.2) is 5.82 Å². The van der Waals surface area contributed by atoms with E-state index in [1.54, 1.807) is 30.6 Å². The SMILES string of the molecule is O=C(CCc1ccc(F)cc1Cl)Nc1nnc(-c2ccncc2)[nH]1. The number of amides is 1. The number of carbonyl (C=O) groups is 1. The van der Waals surface area contributed by atoms with Gasteiger partial charge in [0.1, 0.15) is 5.82 Å². The first kappa shape index (κ1) is 16.1. The summed E-state index contributed by atoms with van der Waals surface area (Å²) in [5, 5.41) is 10.8. The summed E-state index contributed by atoms with van der Waals surface area (Å²) in [6, 6.07) is 7.68. The van der Waals surface area contributed by atoms with Crippen LogP contribution in [0.5, 0.6) is 0 Å². The molecule has 0 aliphatic carbocycles. The Bertz CT molecular complexity index is 853. The van der Waals surface area contributed by atoms with E-state index >= 15 is 0 Å². The Kier molecular flexibility index (Phi) is 4.81. The number of hydrogen-bond acceptors (Lipinski definition) is 4. The quantitative estimate of drug-likeness (QED) is 0.743. The first-order valence-corrected chi connectivity index (χ1v) is 7.56. The molecule has 3 rings (SSSR count). The number of benzene rings is 1. The fourth-order valence-electron chi connectivity index (χ4n) is 2.13. The molecule has 3 aromatic rings. The Balaban J connectivity index is 1.58. The van der Waals surface area contributed by atoms with Gasteiger partial charge < -0.3 is 4.98 Å². The first-order valence-electron chi connectivity index (χ1n) is 7.18. The van der Waals surface area contributed by atoms with Gasteiger partial charge in [-0.05, 0) is 36.2 Å². The van der Waals surface area contributed by atoms with Gasteiger partial charge in [-0.25, -0.2) is 4.39 Å². The second-order valence-electron chi connectivity index (χ2n) is 5.04. The average molecular weight is 346 g/mol. The Morgan fingerprint density at radius 1 is 1.21 bits per heavy atom.